The number of hydrogen-bond acceptors (Lipinski definition) is 6. The fourth-order valence-corrected chi connectivity index (χ4v) is 2.91. The first kappa shape index (κ1) is 18.2. The summed E-state index contributed by atoms with van der Waals surface area (Å²) in [5.74, 6) is -1.96. The third-order valence-corrected chi connectivity index (χ3v) is 4.23. The molecular weight excluding hydrogens is 340 g/mol. The molecule has 138 valence electrons. The molecule has 0 unspecified atom stereocenters. The fraction of sp³-hybridized carbons (Fsp3) is 0.368. The van der Waals surface area contributed by atoms with Crippen molar-refractivity contribution in [1.82, 2.24) is 0 Å². The molecule has 2 aromatic rings. The lowest BCUT2D eigenvalue weighted by molar-refractivity contribution is -0.157. The van der Waals surface area contributed by atoms with Crippen molar-refractivity contribution < 1.29 is 28.9 Å². The van der Waals surface area contributed by atoms with Crippen molar-refractivity contribution in [3.8, 4) is 0 Å². The van der Waals surface area contributed by atoms with Gasteiger partial charge < -0.3 is 24.1 Å². The zero-order chi connectivity index (χ0) is 18.5. The van der Waals surface area contributed by atoms with Crippen LogP contribution in [0.15, 0.2) is 51.6 Å². The van der Waals surface area contributed by atoms with Gasteiger partial charge in [0.05, 0.1) is 18.3 Å². The van der Waals surface area contributed by atoms with Crippen molar-refractivity contribution in [2.24, 2.45) is 0 Å². The Morgan fingerprint density at radius 1 is 1.27 bits per heavy atom. The predicted molar refractivity (Wildman–Crippen MR) is 92.7 cm³/mol. The Bertz CT molecular complexity index is 868. The van der Waals surface area contributed by atoms with E-state index in [0.717, 1.165) is 0 Å². The highest BCUT2D eigenvalue weighted by Crippen LogP contribution is 2.31. The lowest BCUT2D eigenvalue weighted by Gasteiger charge is -2.28. The third-order valence-electron chi connectivity index (χ3n) is 4.23. The van der Waals surface area contributed by atoms with Gasteiger partial charge in [-0.25, -0.2) is 4.79 Å². The molecule has 1 aromatic carbocycles. The quantitative estimate of drug-likeness (QED) is 0.730. The number of hydrogen-bond donors (Lipinski definition) is 2. The van der Waals surface area contributed by atoms with Crippen molar-refractivity contribution in [3.05, 3.63) is 58.2 Å². The van der Waals surface area contributed by atoms with Gasteiger partial charge in [-0.3, -0.25) is 4.79 Å². The normalized spacial score (nSPS) is 19.8. The van der Waals surface area contributed by atoms with Gasteiger partial charge in [0.1, 0.15) is 5.58 Å². The van der Waals surface area contributed by atoms with Crippen LogP contribution in [0.5, 0.6) is 0 Å². The molecule has 0 fully saturated rings. The minimum Gasteiger partial charge on any atom is -0.475 e. The van der Waals surface area contributed by atoms with Crippen LogP contribution in [0.25, 0.3) is 11.0 Å². The maximum atomic E-state index is 12.8. The van der Waals surface area contributed by atoms with E-state index in [1.165, 1.54) is 12.3 Å². The van der Waals surface area contributed by atoms with Crippen LogP contribution in [0.4, 0.5) is 0 Å². The minimum atomic E-state index is -1.22. The van der Waals surface area contributed by atoms with Crippen LogP contribution >= 0.6 is 0 Å². The number of aliphatic hydroxyl groups excluding tert-OH is 1. The van der Waals surface area contributed by atoms with E-state index in [4.69, 9.17) is 19.0 Å². The van der Waals surface area contributed by atoms with Crippen molar-refractivity contribution in [3.63, 3.8) is 0 Å². The number of rotatable bonds is 7. The lowest BCUT2D eigenvalue weighted by Crippen LogP contribution is -2.29. The molecule has 2 atom stereocenters. The zero-order valence-electron chi connectivity index (χ0n) is 14.1. The molecule has 1 aliphatic heterocycles. The molecule has 0 aliphatic carbocycles. The van der Waals surface area contributed by atoms with Gasteiger partial charge in [0, 0.05) is 24.5 Å². The molecule has 0 radical (unpaired) electrons. The number of para-hydroxylation sites is 1. The molecule has 7 heteroatoms. The molecule has 0 amide bonds. The van der Waals surface area contributed by atoms with Crippen LogP contribution in [0.3, 0.4) is 0 Å². The summed E-state index contributed by atoms with van der Waals surface area (Å²) in [5.41, 5.74) is 0.654. The number of carbonyl (C=O) groups is 1. The SMILES string of the molecule is O=C(O)C1=C[C@H](c2coc3ccccc3c2=O)C[C@H](OCCCCO)O1. The van der Waals surface area contributed by atoms with E-state index in [0.29, 0.717) is 42.4 Å². The van der Waals surface area contributed by atoms with E-state index in [9.17, 15) is 14.7 Å². The molecule has 2 heterocycles. The van der Waals surface area contributed by atoms with Crippen LogP contribution in [-0.2, 0) is 14.3 Å². The van der Waals surface area contributed by atoms with E-state index in [1.54, 1.807) is 24.3 Å². The fourth-order valence-electron chi connectivity index (χ4n) is 2.91. The highest BCUT2D eigenvalue weighted by atomic mass is 16.7. The number of unbranched alkanes of at least 4 members (excludes halogenated alkanes) is 1. The average Bonchev–Trinajstić information content (AvgIpc) is 2.65. The molecule has 0 bridgehead atoms. The number of carboxylic acids is 1. The summed E-state index contributed by atoms with van der Waals surface area (Å²) in [6.45, 7) is 0.396. The Balaban J connectivity index is 1.87. The molecule has 7 nitrogen and oxygen atoms in total. The smallest absolute Gasteiger partial charge is 0.370 e. The average molecular weight is 360 g/mol. The molecule has 0 saturated heterocycles. The second kappa shape index (κ2) is 8.16. The molecular formula is C19H20O7. The Morgan fingerprint density at radius 3 is 2.85 bits per heavy atom. The number of aliphatic hydroxyl groups is 1. The molecule has 2 N–H and O–H groups in total. The van der Waals surface area contributed by atoms with E-state index in [1.807, 2.05) is 0 Å². The molecule has 1 aliphatic rings. The maximum absolute atomic E-state index is 12.8. The highest BCUT2D eigenvalue weighted by Gasteiger charge is 2.30. The molecule has 3 rings (SSSR count). The van der Waals surface area contributed by atoms with E-state index >= 15 is 0 Å². The summed E-state index contributed by atoms with van der Waals surface area (Å²) in [7, 11) is 0. The summed E-state index contributed by atoms with van der Waals surface area (Å²) >= 11 is 0. The zero-order valence-corrected chi connectivity index (χ0v) is 14.1. The minimum absolute atomic E-state index is 0.0654. The summed E-state index contributed by atoms with van der Waals surface area (Å²) in [4.78, 5) is 24.1. The third kappa shape index (κ3) is 3.95. The number of fused-ring (bicyclic) bond motifs is 1. The van der Waals surface area contributed by atoms with Crippen LogP contribution in [0, 0.1) is 0 Å². The van der Waals surface area contributed by atoms with Gasteiger partial charge in [0.2, 0.25) is 12.0 Å². The maximum Gasteiger partial charge on any atom is 0.370 e. The number of benzene rings is 1. The van der Waals surface area contributed by atoms with Crippen molar-refractivity contribution >= 4 is 16.9 Å². The van der Waals surface area contributed by atoms with Gasteiger partial charge in [-0.15, -0.1) is 0 Å². The van der Waals surface area contributed by atoms with Gasteiger partial charge in [-0.05, 0) is 31.1 Å². The van der Waals surface area contributed by atoms with E-state index < -0.39 is 18.2 Å². The monoisotopic (exact) mass is 360 g/mol. The first-order valence-electron chi connectivity index (χ1n) is 8.45. The summed E-state index contributed by atoms with van der Waals surface area (Å²) < 4.78 is 16.5. The van der Waals surface area contributed by atoms with Crippen molar-refractivity contribution in [2.75, 3.05) is 13.2 Å². The van der Waals surface area contributed by atoms with Crippen LogP contribution < -0.4 is 5.43 Å². The topological polar surface area (TPSA) is 106 Å². The first-order chi connectivity index (χ1) is 12.6. The van der Waals surface area contributed by atoms with Crippen LogP contribution in [0.2, 0.25) is 0 Å². The summed E-state index contributed by atoms with van der Waals surface area (Å²) in [6.07, 6.45) is 3.54. The van der Waals surface area contributed by atoms with Gasteiger partial charge in [0.25, 0.3) is 0 Å². The van der Waals surface area contributed by atoms with Crippen molar-refractivity contribution in [1.29, 1.82) is 0 Å². The van der Waals surface area contributed by atoms with Crippen LogP contribution in [-0.4, -0.2) is 35.7 Å². The van der Waals surface area contributed by atoms with Gasteiger partial charge >= 0.3 is 5.97 Å². The lowest BCUT2D eigenvalue weighted by atomic mass is 9.93. The second-order valence-corrected chi connectivity index (χ2v) is 6.04. The Kier molecular flexibility index (Phi) is 5.70. The molecule has 26 heavy (non-hydrogen) atoms. The van der Waals surface area contributed by atoms with Gasteiger partial charge in [-0.2, -0.15) is 0 Å². The number of aliphatic carboxylic acids is 1. The Hall–Kier alpha value is -2.64. The number of carboxylic acid groups (broad SMARTS) is 1. The number of allylic oxidation sites excluding steroid dienone is 1. The van der Waals surface area contributed by atoms with Gasteiger partial charge in [-0.1, -0.05) is 12.1 Å². The Morgan fingerprint density at radius 2 is 2.08 bits per heavy atom. The van der Waals surface area contributed by atoms with E-state index in [-0.39, 0.29) is 17.8 Å². The molecule has 0 spiro atoms. The number of ether oxygens (including phenoxy) is 2. The molecule has 0 saturated carbocycles. The first-order valence-corrected chi connectivity index (χ1v) is 8.45. The standard InChI is InChI=1S/C19H20O7/c20-7-3-4-8-24-17-10-12(9-16(26-17)19(22)23)14-11-25-15-6-2-1-5-13(15)18(14)21/h1-2,5-6,9,11-12,17,20H,3-4,7-8,10H2,(H,22,23)/t12-,17+/m0/s1. The van der Waals surface area contributed by atoms with E-state index in [2.05, 4.69) is 0 Å². The van der Waals surface area contributed by atoms with Gasteiger partial charge in [0.15, 0.2) is 5.43 Å². The second-order valence-electron chi connectivity index (χ2n) is 6.04. The molecule has 1 aromatic heterocycles. The summed E-state index contributed by atoms with van der Waals surface area (Å²) in [5, 5.41) is 18.5. The Labute approximate surface area is 149 Å². The largest absolute Gasteiger partial charge is 0.475 e. The van der Waals surface area contributed by atoms with Crippen molar-refractivity contribution in [2.45, 2.75) is 31.5 Å². The van der Waals surface area contributed by atoms with Crippen LogP contribution in [0.1, 0.15) is 30.7 Å². The highest BCUT2D eigenvalue weighted by molar-refractivity contribution is 5.84. The summed E-state index contributed by atoms with van der Waals surface area (Å²) in [6, 6.07) is 6.90. The predicted octanol–water partition coefficient (Wildman–Crippen LogP) is 2.38.